The Morgan fingerprint density at radius 3 is 0.786 bits per heavy atom. The van der Waals surface area contributed by atoms with Crippen LogP contribution >= 0.6 is 0 Å². The molecule has 0 aromatic rings. The normalized spacial score (nSPS) is 5.57. The van der Waals surface area contributed by atoms with Gasteiger partial charge in [-0.05, 0) is 6.92 Å². The first kappa shape index (κ1) is 68.2. The van der Waals surface area contributed by atoms with Crippen LogP contribution < -0.4 is 0 Å². The van der Waals surface area contributed by atoms with Crippen LogP contribution in [0.5, 0.6) is 0 Å². The molecular formula is C6H29NO7. The summed E-state index contributed by atoms with van der Waals surface area (Å²) in [5.74, 6) is 0. The Hall–Kier alpha value is -0.320. The van der Waals surface area contributed by atoms with Gasteiger partial charge in [-0.1, -0.05) is 0 Å². The topological polar surface area (TPSA) is 208 Å². The van der Waals surface area contributed by atoms with E-state index in [4.69, 9.17) is 5.11 Å². The van der Waals surface area contributed by atoms with Crippen molar-refractivity contribution in [3.8, 4) is 0 Å². The number of aliphatic hydroxyl groups excluding tert-OH is 1. The highest BCUT2D eigenvalue weighted by molar-refractivity contribution is 3.87. The van der Waals surface area contributed by atoms with E-state index in [1.54, 1.807) is 6.92 Å². The third-order valence-electron chi connectivity index (χ3n) is 0. The summed E-state index contributed by atoms with van der Waals surface area (Å²) in [6, 6.07) is 0. The Morgan fingerprint density at radius 1 is 0.786 bits per heavy atom. The molecule has 0 rings (SSSR count). The van der Waals surface area contributed by atoms with Gasteiger partial charge in [-0.3, -0.25) is 0 Å². The van der Waals surface area contributed by atoms with E-state index >= 15 is 0 Å². The zero-order valence-corrected chi connectivity index (χ0v) is 9.55. The Bertz CT molecular complexity index is 41.9. The summed E-state index contributed by atoms with van der Waals surface area (Å²) in [7, 11) is 8.50. The van der Waals surface area contributed by atoms with Gasteiger partial charge in [-0.15, -0.1) is 0 Å². The maximum atomic E-state index is 7.57. The predicted molar refractivity (Wildman–Crippen MR) is 56.7 cm³/mol. The van der Waals surface area contributed by atoms with Crippen LogP contribution in [-0.2, 0) is 0 Å². The minimum Gasteiger partial charge on any atom is -0.870 e. The van der Waals surface area contributed by atoms with Crippen molar-refractivity contribution in [3.05, 3.63) is 0 Å². The zero-order valence-electron chi connectivity index (χ0n) is 9.55. The molecule has 14 heavy (non-hydrogen) atoms. The van der Waals surface area contributed by atoms with Gasteiger partial charge in [0.2, 0.25) is 0 Å². The SMILES string of the molecule is CCO.C[N+](C)(C)C.O.O.O.O.O.[OH-]. The van der Waals surface area contributed by atoms with E-state index in [9.17, 15) is 0 Å². The summed E-state index contributed by atoms with van der Waals surface area (Å²) in [4.78, 5) is 0. The summed E-state index contributed by atoms with van der Waals surface area (Å²) in [6.45, 7) is 1.93. The number of hydrogen-bond donors (Lipinski definition) is 1. The highest BCUT2D eigenvalue weighted by atomic mass is 16.2. The van der Waals surface area contributed by atoms with Crippen molar-refractivity contribution in [1.82, 2.24) is 0 Å². The fraction of sp³-hybridized carbons (Fsp3) is 1.00. The Labute approximate surface area is 85.2 Å². The summed E-state index contributed by atoms with van der Waals surface area (Å²) in [5, 5.41) is 7.57. The van der Waals surface area contributed by atoms with Crippen molar-refractivity contribution in [1.29, 1.82) is 0 Å². The molecule has 0 aliphatic heterocycles. The molecule has 8 nitrogen and oxygen atoms in total. The smallest absolute Gasteiger partial charge is 0.0675 e. The molecule has 0 bridgehead atoms. The van der Waals surface area contributed by atoms with Gasteiger partial charge in [0.05, 0.1) is 28.2 Å². The van der Waals surface area contributed by atoms with Crippen LogP contribution in [0.2, 0.25) is 0 Å². The van der Waals surface area contributed by atoms with Crippen molar-refractivity contribution in [2.75, 3.05) is 34.8 Å². The lowest BCUT2D eigenvalue weighted by atomic mass is 10.8. The van der Waals surface area contributed by atoms with Crippen LogP contribution in [-0.4, -0.2) is 77.2 Å². The van der Waals surface area contributed by atoms with Crippen LogP contribution in [0, 0.1) is 0 Å². The summed E-state index contributed by atoms with van der Waals surface area (Å²) >= 11 is 0. The molecule has 12 N–H and O–H groups in total. The molecule has 0 atom stereocenters. The highest BCUT2D eigenvalue weighted by Gasteiger charge is 1.88. The lowest BCUT2D eigenvalue weighted by Gasteiger charge is -2.14. The maximum absolute atomic E-state index is 7.57. The van der Waals surface area contributed by atoms with E-state index in [1.165, 1.54) is 0 Å². The minimum absolute atomic E-state index is 0. The molecule has 8 heteroatoms. The second kappa shape index (κ2) is 38.8. The van der Waals surface area contributed by atoms with Gasteiger partial charge in [0.15, 0.2) is 0 Å². The van der Waals surface area contributed by atoms with Gasteiger partial charge in [0.25, 0.3) is 0 Å². The molecule has 0 heterocycles. The average molecular weight is 227 g/mol. The second-order valence-corrected chi connectivity index (χ2v) is 3.00. The third-order valence-corrected chi connectivity index (χ3v) is 0. The summed E-state index contributed by atoms with van der Waals surface area (Å²) in [5.41, 5.74) is 0. The Morgan fingerprint density at radius 2 is 0.786 bits per heavy atom. The third kappa shape index (κ3) is 13000. The van der Waals surface area contributed by atoms with Gasteiger partial charge in [-0.25, -0.2) is 0 Å². The van der Waals surface area contributed by atoms with Crippen molar-refractivity contribution in [2.45, 2.75) is 6.92 Å². The van der Waals surface area contributed by atoms with Crippen LogP contribution in [0.15, 0.2) is 0 Å². The molecular weight excluding hydrogens is 198 g/mol. The van der Waals surface area contributed by atoms with Gasteiger partial charge in [0, 0.05) is 6.61 Å². The lowest BCUT2D eigenvalue weighted by Crippen LogP contribution is -2.27. The van der Waals surface area contributed by atoms with Crippen molar-refractivity contribution in [2.24, 2.45) is 0 Å². The summed E-state index contributed by atoms with van der Waals surface area (Å²) in [6.07, 6.45) is 0. The molecule has 0 aliphatic rings. The molecule has 0 saturated carbocycles. The molecule has 0 fully saturated rings. The van der Waals surface area contributed by atoms with Gasteiger partial charge >= 0.3 is 0 Å². The van der Waals surface area contributed by atoms with Crippen molar-refractivity contribution in [3.63, 3.8) is 0 Å². The first-order chi connectivity index (χ1) is 3.41. The Kier molecular flexibility index (Phi) is 189. The first-order valence-electron chi connectivity index (χ1n) is 2.81. The number of quaternary nitrogens is 1. The average Bonchev–Trinajstić information content (AvgIpc) is 1.27. The highest BCUT2D eigenvalue weighted by Crippen LogP contribution is 1.73. The molecule has 0 radical (unpaired) electrons. The van der Waals surface area contributed by atoms with E-state index in [2.05, 4.69) is 28.2 Å². The minimum atomic E-state index is 0. The van der Waals surface area contributed by atoms with Gasteiger partial charge in [0.1, 0.15) is 0 Å². The summed E-state index contributed by atoms with van der Waals surface area (Å²) < 4.78 is 1.00. The fourth-order valence-corrected chi connectivity index (χ4v) is 0. The molecule has 0 aromatic carbocycles. The monoisotopic (exact) mass is 227 g/mol. The number of rotatable bonds is 0. The standard InChI is InChI=1S/C4H12N.C2H6O.6H2O/c1-5(2,3)4;1-2-3;;;;;;/h1-4H3;3H,2H2,1H3;6*1H2/q+1;;;;;;;/p-1. The lowest BCUT2D eigenvalue weighted by molar-refractivity contribution is -0.849. The molecule has 0 aliphatic carbocycles. The van der Waals surface area contributed by atoms with Crippen molar-refractivity contribution >= 4 is 0 Å². The van der Waals surface area contributed by atoms with E-state index in [-0.39, 0.29) is 39.5 Å². The maximum Gasteiger partial charge on any atom is 0.0675 e. The van der Waals surface area contributed by atoms with Gasteiger partial charge < -0.3 is 42.4 Å². The van der Waals surface area contributed by atoms with Crippen LogP contribution in [0.4, 0.5) is 0 Å². The van der Waals surface area contributed by atoms with Crippen LogP contribution in [0.25, 0.3) is 0 Å². The quantitative estimate of drug-likeness (QED) is 0.410. The van der Waals surface area contributed by atoms with E-state index in [0.717, 1.165) is 4.48 Å². The first-order valence-corrected chi connectivity index (χ1v) is 2.81. The molecule has 0 amide bonds. The van der Waals surface area contributed by atoms with Crippen LogP contribution in [0.3, 0.4) is 0 Å². The number of aliphatic hydroxyl groups is 1. The fourth-order valence-electron chi connectivity index (χ4n) is 0. The van der Waals surface area contributed by atoms with E-state index in [1.807, 2.05) is 0 Å². The molecule has 0 unspecified atom stereocenters. The molecule has 0 spiro atoms. The molecule has 0 aromatic heterocycles. The number of hydrogen-bond acceptors (Lipinski definition) is 2. The predicted octanol–water partition coefficient (Wildman–Crippen LogP) is -3.98. The zero-order chi connectivity index (χ0) is 7.21. The largest absolute Gasteiger partial charge is 0.870 e. The Balaban J connectivity index is -0.00000000626. The number of nitrogens with zero attached hydrogens (tertiary/aromatic N) is 1. The van der Waals surface area contributed by atoms with Crippen molar-refractivity contribution < 1.29 is 42.4 Å². The van der Waals surface area contributed by atoms with Gasteiger partial charge in [-0.2, -0.15) is 0 Å². The second-order valence-electron chi connectivity index (χ2n) is 3.00. The molecule has 100 valence electrons. The van der Waals surface area contributed by atoms with Crippen LogP contribution in [0.1, 0.15) is 6.92 Å². The molecule has 0 saturated heterocycles. The van der Waals surface area contributed by atoms with E-state index in [0.29, 0.717) is 0 Å². The van der Waals surface area contributed by atoms with E-state index < -0.39 is 0 Å².